The molecule has 0 amide bonds. The molecule has 5 nitrogen and oxygen atoms in total. The molecule has 0 aromatic heterocycles. The molecular weight excluding hydrogens is 225 g/mol. The minimum absolute atomic E-state index is 0.257. The first-order chi connectivity index (χ1) is 7.28. The highest BCUT2D eigenvalue weighted by Crippen LogP contribution is 2.65. The normalized spacial score (nSPS) is 14.0. The smallest absolute Gasteiger partial charge is 0.254 e. The summed E-state index contributed by atoms with van der Waals surface area (Å²) in [5, 5.41) is 11.6. The summed E-state index contributed by atoms with van der Waals surface area (Å²) in [6.45, 7) is 2.22. The molecule has 0 heterocycles. The second-order valence-electron chi connectivity index (χ2n) is 4.04. The molecule has 0 rings (SSSR count). The minimum atomic E-state index is -1.90. The van der Waals surface area contributed by atoms with Gasteiger partial charge in [-0.1, -0.05) is 6.92 Å². The van der Waals surface area contributed by atoms with Crippen molar-refractivity contribution in [3.8, 4) is 0 Å². The van der Waals surface area contributed by atoms with E-state index < -0.39 is 7.71 Å². The van der Waals surface area contributed by atoms with Gasteiger partial charge < -0.3 is 9.84 Å². The zero-order valence-corrected chi connectivity index (χ0v) is 12.3. The van der Waals surface area contributed by atoms with Gasteiger partial charge in [-0.05, 0) is 6.61 Å². The summed E-state index contributed by atoms with van der Waals surface area (Å²) in [6, 6.07) is 0. The first-order valence-electron chi connectivity index (χ1n) is 5.23. The second-order valence-corrected chi connectivity index (χ2v) is 7.93. The summed E-state index contributed by atoms with van der Waals surface area (Å²) < 4.78 is 11.2. The highest BCUT2D eigenvalue weighted by Gasteiger charge is 2.45. The molecule has 0 aromatic rings. The van der Waals surface area contributed by atoms with Gasteiger partial charge in [0, 0.05) is 42.3 Å². The van der Waals surface area contributed by atoms with E-state index in [4.69, 9.17) is 4.74 Å². The average Bonchev–Trinajstić information content (AvgIpc) is 2.12. The Morgan fingerprint density at radius 2 is 1.44 bits per heavy atom. The van der Waals surface area contributed by atoms with E-state index >= 15 is 0 Å². The maximum absolute atomic E-state index is 11.6. The summed E-state index contributed by atoms with van der Waals surface area (Å²) in [7, 11) is 9.96. The minimum Gasteiger partial charge on any atom is -0.611 e. The first kappa shape index (κ1) is 15.7. The fourth-order valence-corrected chi connectivity index (χ4v) is 4.94. The largest absolute Gasteiger partial charge is 0.611 e. The molecule has 0 radical (unpaired) electrons. The van der Waals surface area contributed by atoms with Crippen LogP contribution in [-0.2, 0) is 4.74 Å². The number of nitrogens with zero attached hydrogens (tertiary/aromatic N) is 3. The summed E-state index contributed by atoms with van der Waals surface area (Å²) in [4.78, 5) is 0. The lowest BCUT2D eigenvalue weighted by Crippen LogP contribution is -2.35. The van der Waals surface area contributed by atoms with Crippen LogP contribution >= 0.6 is 7.71 Å². The van der Waals surface area contributed by atoms with Crippen molar-refractivity contribution in [2.24, 2.45) is 0 Å². The monoisotopic (exact) mass is 249 g/mol. The number of hydrogen-bond donors (Lipinski definition) is 0. The fourth-order valence-electron chi connectivity index (χ4n) is 1.74. The molecule has 0 saturated carbocycles. The third-order valence-corrected chi connectivity index (χ3v) is 6.42. The van der Waals surface area contributed by atoms with Gasteiger partial charge in [-0.3, -0.25) is 0 Å². The maximum Gasteiger partial charge on any atom is 0.254 e. The van der Waals surface area contributed by atoms with E-state index in [9.17, 15) is 5.11 Å². The number of ether oxygens (including phenoxy) is 1. The Kier molecular flexibility index (Phi) is 6.26. The van der Waals surface area contributed by atoms with Crippen molar-refractivity contribution in [3.63, 3.8) is 0 Å². The molecule has 0 aliphatic carbocycles. The van der Waals surface area contributed by atoms with Gasteiger partial charge in [-0.25, -0.2) is 0 Å². The zero-order chi connectivity index (χ0) is 12.9. The van der Waals surface area contributed by atoms with E-state index in [0.29, 0.717) is 6.61 Å². The van der Waals surface area contributed by atoms with Gasteiger partial charge in [0.2, 0.25) is 0 Å². The molecule has 0 N–H and O–H groups in total. The zero-order valence-electron chi connectivity index (χ0n) is 11.4. The van der Waals surface area contributed by atoms with Crippen molar-refractivity contribution in [3.05, 3.63) is 11.8 Å². The highest BCUT2D eigenvalue weighted by molar-refractivity contribution is 7.72. The quantitative estimate of drug-likeness (QED) is 0.510. The van der Waals surface area contributed by atoms with Crippen molar-refractivity contribution in [1.29, 1.82) is 0 Å². The van der Waals surface area contributed by atoms with E-state index in [1.54, 1.807) is 5.82 Å². The van der Waals surface area contributed by atoms with Crippen LogP contribution in [0.4, 0.5) is 0 Å². The van der Waals surface area contributed by atoms with Gasteiger partial charge in [0.25, 0.3) is 7.71 Å². The Labute approximate surface area is 99.8 Å². The Bertz CT molecular complexity index is 220. The third-order valence-electron chi connectivity index (χ3n) is 2.33. The molecule has 0 unspecified atom stereocenters. The Morgan fingerprint density at radius 1 is 1.06 bits per heavy atom. The lowest BCUT2D eigenvalue weighted by Gasteiger charge is -2.38. The van der Waals surface area contributed by atoms with Gasteiger partial charge in [-0.2, -0.15) is 14.0 Å². The van der Waals surface area contributed by atoms with E-state index in [-0.39, 0.29) is 5.95 Å². The molecule has 0 saturated heterocycles. The fraction of sp³-hybridized carbons (Fsp3) is 0.800. The van der Waals surface area contributed by atoms with Gasteiger partial charge in [0.05, 0.1) is 5.95 Å². The molecule has 0 aliphatic rings. The SMILES string of the molecule is CCO/C([O-])=C\[P+](N(C)C)(N(C)C)N(C)C. The Morgan fingerprint density at radius 3 is 1.69 bits per heavy atom. The highest BCUT2D eigenvalue weighted by atomic mass is 31.2. The molecular formula is C10H24N3O2P. The van der Waals surface area contributed by atoms with Gasteiger partial charge in [0.15, 0.2) is 0 Å². The predicted molar refractivity (Wildman–Crippen MR) is 67.7 cm³/mol. The van der Waals surface area contributed by atoms with E-state index in [1.165, 1.54) is 0 Å². The van der Waals surface area contributed by atoms with Crippen LogP contribution in [0.15, 0.2) is 11.8 Å². The summed E-state index contributed by atoms with van der Waals surface area (Å²) in [5.74, 6) is 1.43. The molecule has 6 heteroatoms. The van der Waals surface area contributed by atoms with Crippen LogP contribution in [0.3, 0.4) is 0 Å². The van der Waals surface area contributed by atoms with Crippen LogP contribution in [0.25, 0.3) is 0 Å². The molecule has 0 fully saturated rings. The van der Waals surface area contributed by atoms with Gasteiger partial charge in [0.1, 0.15) is 5.82 Å². The molecule has 0 bridgehead atoms. The molecule has 16 heavy (non-hydrogen) atoms. The average molecular weight is 249 g/mol. The summed E-state index contributed by atoms with van der Waals surface area (Å²) in [5.41, 5.74) is 0. The summed E-state index contributed by atoms with van der Waals surface area (Å²) in [6.07, 6.45) is 0. The Hall–Kier alpha value is -0.350. The molecule has 0 atom stereocenters. The summed E-state index contributed by atoms with van der Waals surface area (Å²) >= 11 is 0. The van der Waals surface area contributed by atoms with Crippen LogP contribution < -0.4 is 5.11 Å². The van der Waals surface area contributed by atoms with Crippen molar-refractivity contribution >= 4 is 7.71 Å². The van der Waals surface area contributed by atoms with Gasteiger partial charge in [-0.15, -0.1) is 0 Å². The van der Waals surface area contributed by atoms with Crippen LogP contribution in [0.1, 0.15) is 6.92 Å². The Balaban J connectivity index is 5.28. The van der Waals surface area contributed by atoms with Crippen molar-refractivity contribution in [2.45, 2.75) is 6.92 Å². The van der Waals surface area contributed by atoms with E-state index in [0.717, 1.165) is 0 Å². The number of rotatable bonds is 6. The van der Waals surface area contributed by atoms with Crippen molar-refractivity contribution < 1.29 is 9.84 Å². The molecule has 96 valence electrons. The lowest BCUT2D eigenvalue weighted by atomic mass is 10.8. The van der Waals surface area contributed by atoms with Crippen molar-refractivity contribution in [2.75, 3.05) is 48.9 Å². The van der Waals surface area contributed by atoms with Crippen LogP contribution in [0.5, 0.6) is 0 Å². The van der Waals surface area contributed by atoms with Crippen LogP contribution in [-0.4, -0.2) is 62.9 Å². The predicted octanol–water partition coefficient (Wildman–Crippen LogP) is 0.630. The van der Waals surface area contributed by atoms with Crippen LogP contribution in [0.2, 0.25) is 0 Å². The van der Waals surface area contributed by atoms with E-state index in [1.807, 2.05) is 49.2 Å². The van der Waals surface area contributed by atoms with Gasteiger partial charge >= 0.3 is 0 Å². The maximum atomic E-state index is 11.6. The van der Waals surface area contributed by atoms with Crippen LogP contribution in [0, 0.1) is 0 Å². The standard InChI is InChI=1S/C10H24N3O2P/c1-8-15-10(14)9-16(11(2)3,12(4)5)13(6)7/h9H,8H2,1-7H3/b10-9-. The molecule has 0 aromatic carbocycles. The third kappa shape index (κ3) is 3.32. The first-order valence-corrected chi connectivity index (χ1v) is 6.95. The molecule has 0 aliphatic heterocycles. The lowest BCUT2D eigenvalue weighted by molar-refractivity contribution is -0.356. The van der Waals surface area contributed by atoms with Crippen molar-refractivity contribution in [1.82, 2.24) is 14.0 Å². The molecule has 0 spiro atoms. The van der Waals surface area contributed by atoms with E-state index in [2.05, 4.69) is 14.0 Å². The topological polar surface area (TPSA) is 42.0 Å². The second kappa shape index (κ2) is 6.40. The number of hydrogen-bond acceptors (Lipinski definition) is 5.